The lowest BCUT2D eigenvalue weighted by molar-refractivity contribution is 0.171. The summed E-state index contributed by atoms with van der Waals surface area (Å²) in [6.45, 7) is 21.4. The summed E-state index contributed by atoms with van der Waals surface area (Å²) in [4.78, 5) is 23.8. The van der Waals surface area contributed by atoms with Gasteiger partial charge in [0.1, 0.15) is 26.3 Å². The minimum Gasteiger partial charge on any atom is -0.437 e. The lowest BCUT2D eigenvalue weighted by atomic mass is 10.1. The Balaban J connectivity index is 0.000000218. The van der Waals surface area contributed by atoms with Gasteiger partial charge in [0.25, 0.3) is 5.62 Å². The average molecular weight is 887 g/mol. The smallest absolute Gasteiger partial charge is 0.268 e. The van der Waals surface area contributed by atoms with Crippen LogP contribution >= 0.6 is 31.9 Å². The lowest BCUT2D eigenvalue weighted by Crippen LogP contribution is -2.25. The molecule has 0 aliphatic rings. The first-order chi connectivity index (χ1) is 27.2. The third-order valence-corrected chi connectivity index (χ3v) is 9.41. The summed E-state index contributed by atoms with van der Waals surface area (Å²) in [6, 6.07) is 24.5. The molecule has 2 heterocycles. The second-order valence-electron chi connectivity index (χ2n) is 12.1. The third-order valence-electron chi connectivity index (χ3n) is 7.92. The van der Waals surface area contributed by atoms with E-state index in [0.29, 0.717) is 54.6 Å². The second-order valence-corrected chi connectivity index (χ2v) is 13.7. The van der Waals surface area contributed by atoms with Crippen molar-refractivity contribution in [2.24, 2.45) is 4.99 Å². The van der Waals surface area contributed by atoms with Crippen molar-refractivity contribution in [1.82, 2.24) is 19.7 Å². The Kier molecular flexibility index (Phi) is 12.7. The van der Waals surface area contributed by atoms with Crippen LogP contribution in [0.25, 0.3) is 9.69 Å². The zero-order valence-corrected chi connectivity index (χ0v) is 33.8. The van der Waals surface area contributed by atoms with Crippen LogP contribution in [-0.2, 0) is 0 Å². The van der Waals surface area contributed by atoms with Crippen molar-refractivity contribution in [3.8, 4) is 35.4 Å². The number of anilines is 4. The summed E-state index contributed by atoms with van der Waals surface area (Å²) < 4.78 is 13.3. The van der Waals surface area contributed by atoms with Crippen molar-refractivity contribution in [1.29, 1.82) is 10.5 Å². The molecule has 57 heavy (non-hydrogen) atoms. The largest absolute Gasteiger partial charge is 0.437 e. The Morgan fingerprint density at radius 2 is 1.19 bits per heavy atom. The van der Waals surface area contributed by atoms with E-state index in [2.05, 4.69) is 78.9 Å². The van der Waals surface area contributed by atoms with E-state index in [-0.39, 0.29) is 39.4 Å². The summed E-state index contributed by atoms with van der Waals surface area (Å²) >= 11 is 6.65. The van der Waals surface area contributed by atoms with Gasteiger partial charge in [0, 0.05) is 5.69 Å². The van der Waals surface area contributed by atoms with Gasteiger partial charge in [-0.25, -0.2) is 14.7 Å². The zero-order valence-electron chi connectivity index (χ0n) is 30.6. The monoisotopic (exact) mass is 884 g/mol. The van der Waals surface area contributed by atoms with Crippen molar-refractivity contribution in [3.63, 3.8) is 0 Å². The van der Waals surface area contributed by atoms with E-state index < -0.39 is 0 Å². The van der Waals surface area contributed by atoms with E-state index in [4.69, 9.17) is 44.6 Å². The van der Waals surface area contributed by atoms with Gasteiger partial charge < -0.3 is 31.5 Å². The van der Waals surface area contributed by atoms with Gasteiger partial charge in [0.2, 0.25) is 17.7 Å². The summed E-state index contributed by atoms with van der Waals surface area (Å²) in [5, 5.41) is 31.5. The summed E-state index contributed by atoms with van der Waals surface area (Å²) in [5.74, 6) is 1.92. The highest BCUT2D eigenvalue weighted by Crippen LogP contribution is 2.37. The number of rotatable bonds is 7. The summed E-state index contributed by atoms with van der Waals surface area (Å²) in [7, 11) is 0. The van der Waals surface area contributed by atoms with E-state index in [0.717, 1.165) is 22.3 Å². The molecule has 15 nitrogen and oxygen atoms in total. The van der Waals surface area contributed by atoms with E-state index in [1.165, 1.54) is 0 Å². The molecule has 0 fully saturated rings. The van der Waals surface area contributed by atoms with E-state index in [1.807, 2.05) is 27.7 Å². The minimum atomic E-state index is -0.0970. The molecule has 0 amide bonds. The molecule has 6 aromatic rings. The van der Waals surface area contributed by atoms with Gasteiger partial charge in [-0.15, -0.1) is 4.73 Å². The summed E-state index contributed by atoms with van der Waals surface area (Å²) in [6.07, 6.45) is 0. The normalized spacial score (nSPS) is 10.5. The molecular weight excluding hydrogens is 856 g/mol. The van der Waals surface area contributed by atoms with Gasteiger partial charge in [-0.1, -0.05) is 24.3 Å². The molecule has 0 bridgehead atoms. The maximum atomic E-state index is 10.3. The van der Waals surface area contributed by atoms with Gasteiger partial charge >= 0.3 is 0 Å². The predicted molar refractivity (Wildman–Crippen MR) is 221 cm³/mol. The Morgan fingerprint density at radius 3 is 1.65 bits per heavy atom. The number of nitrogen functional groups attached to an aromatic ring is 2. The number of halogens is 2. The number of nitrogens with one attached hydrogen (secondary N) is 1. The SMILES string of the molecule is [C-]#[N+]c1ccc(N=c2nc(Oc3c(C)cc(C#N)cc3C)c(Br)c(N)n2O)cc1.[C-]#[N+]c1ccc(Nc2nc(N)c(Br)c(Oc3c(C)cc(C#N)cc3C)n2)cc1. The maximum Gasteiger partial charge on any atom is 0.268 e. The fourth-order valence-corrected chi connectivity index (χ4v) is 5.81. The topological polar surface area (TPSA) is 215 Å². The molecule has 0 atom stereocenters. The quantitative estimate of drug-likeness (QED) is 0.0874. The molecule has 0 saturated carbocycles. The van der Waals surface area contributed by atoms with Crippen molar-refractivity contribution in [2.45, 2.75) is 27.7 Å². The number of aryl methyl sites for hydroxylation is 4. The predicted octanol–water partition coefficient (Wildman–Crippen LogP) is 9.93. The maximum absolute atomic E-state index is 10.3. The van der Waals surface area contributed by atoms with Crippen LogP contribution in [0.4, 0.5) is 40.3 Å². The van der Waals surface area contributed by atoms with Crippen LogP contribution in [0.3, 0.4) is 0 Å². The van der Waals surface area contributed by atoms with Crippen molar-refractivity contribution >= 4 is 72.2 Å². The number of nitriles is 2. The van der Waals surface area contributed by atoms with E-state index in [1.54, 1.807) is 72.8 Å². The number of aromatic nitrogens is 4. The Bertz CT molecular complexity index is 2710. The molecule has 0 unspecified atom stereocenters. The molecule has 0 saturated heterocycles. The van der Waals surface area contributed by atoms with E-state index in [9.17, 15) is 5.21 Å². The fraction of sp³-hybridized carbons (Fsp3) is 0.100. The number of hydrogen-bond donors (Lipinski definition) is 4. The molecule has 0 aliphatic heterocycles. The molecule has 0 radical (unpaired) electrons. The number of benzene rings is 4. The number of nitrogens with zero attached hydrogens (tertiary/aromatic N) is 9. The molecular formula is C40H30Br2N12O3. The van der Waals surface area contributed by atoms with Crippen molar-refractivity contribution < 1.29 is 14.7 Å². The van der Waals surface area contributed by atoms with Crippen molar-refractivity contribution in [3.05, 3.63) is 144 Å². The molecule has 6 rings (SSSR count). The average Bonchev–Trinajstić information content (AvgIpc) is 3.20. The van der Waals surface area contributed by atoms with Crippen LogP contribution < -0.4 is 31.9 Å². The first-order valence-corrected chi connectivity index (χ1v) is 18.1. The van der Waals surface area contributed by atoms with Crippen LogP contribution in [-0.4, -0.2) is 24.9 Å². The van der Waals surface area contributed by atoms with Gasteiger partial charge in [0.05, 0.1) is 42.1 Å². The molecule has 4 aromatic carbocycles. The summed E-state index contributed by atoms with van der Waals surface area (Å²) in [5.41, 5.74) is 18.3. The first kappa shape index (κ1) is 40.7. The van der Waals surface area contributed by atoms with Crippen LogP contribution in [0, 0.1) is 63.5 Å². The molecule has 2 aromatic heterocycles. The molecule has 282 valence electrons. The zero-order chi connectivity index (χ0) is 41.4. The molecule has 17 heteroatoms. The van der Waals surface area contributed by atoms with Crippen LogP contribution in [0.2, 0.25) is 0 Å². The van der Waals surface area contributed by atoms with Gasteiger partial charge in [-0.2, -0.15) is 25.5 Å². The van der Waals surface area contributed by atoms with Gasteiger partial charge in [0.15, 0.2) is 17.2 Å². The van der Waals surface area contributed by atoms with E-state index >= 15 is 0 Å². The Hall–Kier alpha value is -7.44. The van der Waals surface area contributed by atoms with Crippen LogP contribution in [0.15, 0.2) is 86.7 Å². The Labute approximate surface area is 344 Å². The highest BCUT2D eigenvalue weighted by Gasteiger charge is 2.18. The second kappa shape index (κ2) is 17.8. The minimum absolute atomic E-state index is 0.0459. The number of hydrogen-bond acceptors (Lipinski definition) is 12. The van der Waals surface area contributed by atoms with Gasteiger partial charge in [-0.05, 0) is 130 Å². The van der Waals surface area contributed by atoms with Crippen LogP contribution in [0.1, 0.15) is 33.4 Å². The number of ether oxygens (including phenoxy) is 2. The first-order valence-electron chi connectivity index (χ1n) is 16.5. The lowest BCUT2D eigenvalue weighted by Gasteiger charge is -2.14. The Morgan fingerprint density at radius 1 is 0.737 bits per heavy atom. The van der Waals surface area contributed by atoms with Crippen LogP contribution in [0.5, 0.6) is 23.3 Å². The van der Waals surface area contributed by atoms with Gasteiger partial charge in [-0.3, -0.25) is 0 Å². The van der Waals surface area contributed by atoms with Crippen molar-refractivity contribution in [2.75, 3.05) is 16.8 Å². The third kappa shape index (κ3) is 9.63. The molecule has 6 N–H and O–H groups in total. The standard InChI is InChI=1S/C20H15BrN6O2.C20H15BrN6O/c1-11-8-13(10-22)9-12(2)17(11)29-19-16(21)18(23)27(28)20(26-19)25-15-6-4-14(24-3)5-7-15;1-11-8-13(10-22)9-12(2)17(11)28-19-16(21)18(23)26-20(27-19)25-15-6-4-14(24-3)5-7-15/h4-9,28H,23H2,1-2H3;4-9H,1-2H3,(H3,23,25,26,27). The molecule has 0 spiro atoms. The fourth-order valence-electron chi connectivity index (χ4n) is 5.21. The molecule has 0 aliphatic carbocycles. The number of nitrogens with two attached hydrogens (primary N) is 2. The highest BCUT2D eigenvalue weighted by molar-refractivity contribution is 9.11. The highest BCUT2D eigenvalue weighted by atomic mass is 79.9.